The number of unbranched alkanes of at least 4 members (excludes halogenated alkanes) is 40. The molecule has 1 amide bonds. The van der Waals surface area contributed by atoms with E-state index >= 15 is 0 Å². The highest BCUT2D eigenvalue weighted by Gasteiger charge is 2.18. The van der Waals surface area contributed by atoms with E-state index in [9.17, 15) is 19.8 Å². The van der Waals surface area contributed by atoms with Crippen LogP contribution >= 0.6 is 0 Å². The predicted molar refractivity (Wildman–Crippen MR) is 292 cm³/mol. The summed E-state index contributed by atoms with van der Waals surface area (Å²) in [6.45, 7) is 4.87. The Hall–Kier alpha value is -1.92. The molecule has 2 atom stereocenters. The van der Waals surface area contributed by atoms with Gasteiger partial charge >= 0.3 is 5.97 Å². The van der Waals surface area contributed by atoms with Gasteiger partial charge in [-0.1, -0.05) is 256 Å². The number of ether oxygens (including phenoxy) is 1. The number of amides is 1. The molecule has 0 saturated carbocycles. The van der Waals surface area contributed by atoms with E-state index in [1.165, 1.54) is 218 Å². The van der Waals surface area contributed by atoms with Crippen LogP contribution in [0.4, 0.5) is 0 Å². The SMILES string of the molecule is CCCCCCC/C=C\CCCCCCCC(=O)OCCCCCC/C=C\CCCCCCCCCC(=O)NC(CO)C(O)/C=C/CCCCCCCCCCCCCCCCCCCCC. The van der Waals surface area contributed by atoms with Gasteiger partial charge in [-0.2, -0.15) is 0 Å². The zero-order valence-electron chi connectivity index (χ0n) is 44.9. The van der Waals surface area contributed by atoms with Crippen LogP contribution < -0.4 is 5.32 Å². The Morgan fingerprint density at radius 2 is 0.701 bits per heavy atom. The molecule has 0 aliphatic rings. The monoisotopic (exact) mass is 942 g/mol. The highest BCUT2D eigenvalue weighted by molar-refractivity contribution is 5.76. The minimum Gasteiger partial charge on any atom is -0.466 e. The van der Waals surface area contributed by atoms with Crippen LogP contribution in [0.15, 0.2) is 36.5 Å². The number of hydrogen-bond donors (Lipinski definition) is 3. The van der Waals surface area contributed by atoms with Gasteiger partial charge in [-0.25, -0.2) is 0 Å². The van der Waals surface area contributed by atoms with Gasteiger partial charge in [0.15, 0.2) is 0 Å². The molecule has 67 heavy (non-hydrogen) atoms. The van der Waals surface area contributed by atoms with E-state index < -0.39 is 12.1 Å². The summed E-state index contributed by atoms with van der Waals surface area (Å²) in [6, 6.07) is -0.641. The number of nitrogens with one attached hydrogen (secondary N) is 1. The van der Waals surface area contributed by atoms with Gasteiger partial charge in [-0.3, -0.25) is 9.59 Å². The summed E-state index contributed by atoms with van der Waals surface area (Å²) in [6.07, 6.45) is 70.2. The molecular weight excluding hydrogens is 827 g/mol. The molecule has 6 nitrogen and oxygen atoms in total. The second-order valence-electron chi connectivity index (χ2n) is 20.3. The lowest BCUT2D eigenvalue weighted by molar-refractivity contribution is -0.143. The third-order valence-corrected chi connectivity index (χ3v) is 13.6. The molecule has 0 heterocycles. The number of allylic oxidation sites excluding steroid dienone is 5. The van der Waals surface area contributed by atoms with Crippen molar-refractivity contribution in [2.45, 2.75) is 328 Å². The number of rotatable bonds is 55. The van der Waals surface area contributed by atoms with Crippen molar-refractivity contribution < 1.29 is 24.5 Å². The summed E-state index contributed by atoms with van der Waals surface area (Å²) in [5.41, 5.74) is 0. The van der Waals surface area contributed by atoms with Crippen molar-refractivity contribution in [2.24, 2.45) is 0 Å². The third kappa shape index (κ3) is 53.3. The van der Waals surface area contributed by atoms with E-state index in [1.807, 2.05) is 6.08 Å². The average molecular weight is 943 g/mol. The quantitative estimate of drug-likeness (QED) is 0.0321. The predicted octanol–water partition coefficient (Wildman–Crippen LogP) is 18.4. The van der Waals surface area contributed by atoms with Crippen molar-refractivity contribution in [1.29, 1.82) is 0 Å². The van der Waals surface area contributed by atoms with Crippen LogP contribution in [0.25, 0.3) is 0 Å². The Bertz CT molecular complexity index is 1090. The zero-order chi connectivity index (χ0) is 48.6. The van der Waals surface area contributed by atoms with Gasteiger partial charge in [0.25, 0.3) is 0 Å². The molecule has 0 aromatic carbocycles. The van der Waals surface area contributed by atoms with E-state index in [1.54, 1.807) is 6.08 Å². The molecule has 394 valence electrons. The smallest absolute Gasteiger partial charge is 0.305 e. The standard InChI is InChI=1S/C61H115NO5/c1-3-5-7-9-11-13-15-17-19-20-21-22-23-24-26-29-33-37-41-45-49-53-59(64)58(57-63)62-60(65)54-50-46-42-38-34-30-27-25-28-32-36-40-44-48-52-56-67-61(66)55-51-47-43-39-35-31-18-16-14-12-10-8-6-4-2/h16,18,28,32,49,53,58-59,63-64H,3-15,17,19-27,29-31,33-48,50-52,54-57H2,1-2H3,(H,62,65)/b18-16-,32-28-,53-49+. The molecule has 3 N–H and O–H groups in total. The van der Waals surface area contributed by atoms with Crippen LogP contribution in [0.1, 0.15) is 316 Å². The second kappa shape index (κ2) is 56.7. The maximum absolute atomic E-state index is 12.5. The van der Waals surface area contributed by atoms with Crippen LogP contribution in [0.2, 0.25) is 0 Å². The van der Waals surface area contributed by atoms with Crippen LogP contribution in [0.5, 0.6) is 0 Å². The molecule has 0 aromatic heterocycles. The molecule has 0 saturated heterocycles. The largest absolute Gasteiger partial charge is 0.466 e. The normalized spacial score (nSPS) is 12.8. The van der Waals surface area contributed by atoms with E-state index in [0.29, 0.717) is 19.4 Å². The van der Waals surface area contributed by atoms with Gasteiger partial charge < -0.3 is 20.3 Å². The zero-order valence-corrected chi connectivity index (χ0v) is 44.9. The fourth-order valence-corrected chi connectivity index (χ4v) is 9.03. The minimum atomic E-state index is -0.856. The molecule has 6 heteroatoms. The highest BCUT2D eigenvalue weighted by atomic mass is 16.5. The molecule has 0 aliphatic heterocycles. The maximum Gasteiger partial charge on any atom is 0.305 e. The van der Waals surface area contributed by atoms with E-state index in [0.717, 1.165) is 70.6 Å². The average Bonchev–Trinajstić information content (AvgIpc) is 3.33. The van der Waals surface area contributed by atoms with Crippen LogP contribution in [-0.2, 0) is 14.3 Å². The Kier molecular flexibility index (Phi) is 55.0. The molecular formula is C61H115NO5. The highest BCUT2D eigenvalue weighted by Crippen LogP contribution is 2.16. The Labute approximate surface area is 417 Å². The first-order valence-electron chi connectivity index (χ1n) is 29.8. The van der Waals surface area contributed by atoms with E-state index in [4.69, 9.17) is 4.74 Å². The van der Waals surface area contributed by atoms with Gasteiger partial charge in [-0.15, -0.1) is 0 Å². The first-order valence-corrected chi connectivity index (χ1v) is 29.8. The lowest BCUT2D eigenvalue weighted by atomic mass is 10.0. The minimum absolute atomic E-state index is 0.0196. The van der Waals surface area contributed by atoms with E-state index in [-0.39, 0.29) is 18.5 Å². The van der Waals surface area contributed by atoms with E-state index in [2.05, 4.69) is 43.5 Å². The summed E-state index contributed by atoms with van der Waals surface area (Å²) in [4.78, 5) is 24.5. The fourth-order valence-electron chi connectivity index (χ4n) is 9.03. The molecule has 0 fully saturated rings. The Morgan fingerprint density at radius 1 is 0.403 bits per heavy atom. The van der Waals surface area contributed by atoms with Crippen molar-refractivity contribution in [2.75, 3.05) is 13.2 Å². The summed E-state index contributed by atoms with van der Waals surface area (Å²) >= 11 is 0. The van der Waals surface area contributed by atoms with Gasteiger partial charge in [0, 0.05) is 12.8 Å². The summed E-state index contributed by atoms with van der Waals surface area (Å²) in [5, 5.41) is 23.2. The first-order chi connectivity index (χ1) is 33.0. The van der Waals surface area contributed by atoms with Gasteiger partial charge in [0.1, 0.15) is 0 Å². The first kappa shape index (κ1) is 65.1. The Morgan fingerprint density at radius 3 is 1.06 bits per heavy atom. The topological polar surface area (TPSA) is 95.9 Å². The van der Waals surface area contributed by atoms with Crippen molar-refractivity contribution in [3.05, 3.63) is 36.5 Å². The number of hydrogen-bond acceptors (Lipinski definition) is 5. The molecule has 0 spiro atoms. The van der Waals surface area contributed by atoms with Crippen molar-refractivity contribution >= 4 is 11.9 Å². The molecule has 0 rings (SSSR count). The van der Waals surface area contributed by atoms with Crippen molar-refractivity contribution in [1.82, 2.24) is 5.32 Å². The molecule has 0 radical (unpaired) electrons. The lowest BCUT2D eigenvalue weighted by Gasteiger charge is -2.20. The fraction of sp³-hybridized carbons (Fsp3) is 0.869. The maximum atomic E-state index is 12.5. The second-order valence-corrected chi connectivity index (χ2v) is 20.3. The van der Waals surface area contributed by atoms with Crippen LogP contribution in [-0.4, -0.2) is 47.4 Å². The number of esters is 1. The number of carbonyl (C=O) groups excluding carboxylic acids is 2. The summed E-state index contributed by atoms with van der Waals surface area (Å²) in [5.74, 6) is -0.101. The summed E-state index contributed by atoms with van der Waals surface area (Å²) in [7, 11) is 0. The van der Waals surface area contributed by atoms with Gasteiger partial charge in [0.2, 0.25) is 5.91 Å². The third-order valence-electron chi connectivity index (χ3n) is 13.6. The molecule has 2 unspecified atom stereocenters. The van der Waals surface area contributed by atoms with Crippen molar-refractivity contribution in [3.8, 4) is 0 Å². The molecule has 0 aliphatic carbocycles. The number of aliphatic hydroxyl groups is 2. The summed E-state index contributed by atoms with van der Waals surface area (Å²) < 4.78 is 5.45. The van der Waals surface area contributed by atoms with Gasteiger partial charge in [0.05, 0.1) is 25.4 Å². The van der Waals surface area contributed by atoms with Crippen LogP contribution in [0.3, 0.4) is 0 Å². The number of aliphatic hydroxyl groups excluding tert-OH is 2. The van der Waals surface area contributed by atoms with Crippen molar-refractivity contribution in [3.63, 3.8) is 0 Å². The lowest BCUT2D eigenvalue weighted by Crippen LogP contribution is -2.45. The van der Waals surface area contributed by atoms with Crippen LogP contribution in [0, 0.1) is 0 Å². The van der Waals surface area contributed by atoms with Gasteiger partial charge in [-0.05, 0) is 83.5 Å². The molecule has 0 bridgehead atoms. The Balaban J connectivity index is 3.51. The molecule has 0 aromatic rings. The number of carbonyl (C=O) groups is 2.